The maximum atomic E-state index is 12.7. The molecule has 1 heterocycles. The van der Waals surface area contributed by atoms with Gasteiger partial charge in [0.25, 0.3) is 0 Å². The number of nitrogens with zero attached hydrogens (tertiary/aromatic N) is 1. The highest BCUT2D eigenvalue weighted by molar-refractivity contribution is 7.89. The molecule has 0 saturated carbocycles. The lowest BCUT2D eigenvalue weighted by Gasteiger charge is -2.12. The van der Waals surface area contributed by atoms with Crippen LogP contribution < -0.4 is 9.46 Å². The van der Waals surface area contributed by atoms with Gasteiger partial charge in [-0.3, -0.25) is 4.98 Å². The molecule has 3 rings (SSSR count). The normalized spacial score (nSPS) is 11.5. The van der Waals surface area contributed by atoms with E-state index in [9.17, 15) is 8.42 Å². The lowest BCUT2D eigenvalue weighted by Crippen LogP contribution is -2.23. The second-order valence-electron chi connectivity index (χ2n) is 4.99. The topological polar surface area (TPSA) is 68.3 Å². The van der Waals surface area contributed by atoms with E-state index in [0.29, 0.717) is 11.1 Å². The molecule has 118 valence electrons. The van der Waals surface area contributed by atoms with Gasteiger partial charge >= 0.3 is 0 Å². The van der Waals surface area contributed by atoms with Crippen LogP contribution in [-0.4, -0.2) is 20.5 Å². The van der Waals surface area contributed by atoms with Crippen LogP contribution in [0.15, 0.2) is 65.8 Å². The summed E-state index contributed by atoms with van der Waals surface area (Å²) < 4.78 is 33.2. The van der Waals surface area contributed by atoms with Gasteiger partial charge in [0.15, 0.2) is 0 Å². The Labute approximate surface area is 135 Å². The van der Waals surface area contributed by atoms with E-state index in [1.807, 2.05) is 18.2 Å². The Morgan fingerprint density at radius 2 is 1.70 bits per heavy atom. The first-order chi connectivity index (χ1) is 11.1. The van der Waals surface area contributed by atoms with Crippen LogP contribution in [0.1, 0.15) is 5.56 Å². The third-order valence-electron chi connectivity index (χ3n) is 3.57. The molecule has 0 bridgehead atoms. The average Bonchev–Trinajstić information content (AvgIpc) is 2.60. The van der Waals surface area contributed by atoms with E-state index in [4.69, 9.17) is 4.74 Å². The highest BCUT2D eigenvalue weighted by Gasteiger charge is 2.18. The Bertz CT molecular complexity index is 925. The van der Waals surface area contributed by atoms with Crippen molar-refractivity contribution in [2.75, 3.05) is 7.11 Å². The standard InChI is InChI=1S/C17H16N2O3S/c1-22-16-6-7-17(15-5-3-2-4-14(15)16)23(20,21)19-12-13-8-10-18-11-9-13/h2-11,19H,12H2,1H3. The summed E-state index contributed by atoms with van der Waals surface area (Å²) in [4.78, 5) is 4.16. The maximum absolute atomic E-state index is 12.7. The third-order valence-corrected chi connectivity index (χ3v) is 5.03. The van der Waals surface area contributed by atoms with Crippen LogP contribution in [0.4, 0.5) is 0 Å². The largest absolute Gasteiger partial charge is 0.496 e. The lowest BCUT2D eigenvalue weighted by molar-refractivity contribution is 0.419. The van der Waals surface area contributed by atoms with Gasteiger partial charge < -0.3 is 4.74 Å². The first kappa shape index (κ1) is 15.5. The predicted molar refractivity (Wildman–Crippen MR) is 88.8 cm³/mol. The summed E-state index contributed by atoms with van der Waals surface area (Å²) >= 11 is 0. The molecule has 5 nitrogen and oxygen atoms in total. The van der Waals surface area contributed by atoms with E-state index in [1.54, 1.807) is 49.8 Å². The number of ether oxygens (including phenoxy) is 1. The fourth-order valence-electron chi connectivity index (χ4n) is 2.41. The highest BCUT2D eigenvalue weighted by atomic mass is 32.2. The zero-order chi connectivity index (χ0) is 16.3. The summed E-state index contributed by atoms with van der Waals surface area (Å²) in [6.07, 6.45) is 3.26. The summed E-state index contributed by atoms with van der Waals surface area (Å²) in [6, 6.07) is 14.1. The van der Waals surface area contributed by atoms with Gasteiger partial charge in [0, 0.05) is 29.7 Å². The summed E-state index contributed by atoms with van der Waals surface area (Å²) in [5.41, 5.74) is 0.849. The van der Waals surface area contributed by atoms with Crippen molar-refractivity contribution < 1.29 is 13.2 Å². The highest BCUT2D eigenvalue weighted by Crippen LogP contribution is 2.30. The van der Waals surface area contributed by atoms with Crippen molar-refractivity contribution in [3.05, 3.63) is 66.5 Å². The van der Waals surface area contributed by atoms with Gasteiger partial charge in [-0.25, -0.2) is 13.1 Å². The van der Waals surface area contributed by atoms with Gasteiger partial charge in [0.1, 0.15) is 5.75 Å². The lowest BCUT2D eigenvalue weighted by atomic mass is 10.1. The number of aromatic nitrogens is 1. The molecule has 0 spiro atoms. The van der Waals surface area contributed by atoms with Crippen molar-refractivity contribution in [2.45, 2.75) is 11.4 Å². The van der Waals surface area contributed by atoms with Gasteiger partial charge in [-0.2, -0.15) is 0 Å². The number of hydrogen-bond donors (Lipinski definition) is 1. The van der Waals surface area contributed by atoms with Crippen LogP contribution in [0.5, 0.6) is 5.75 Å². The second kappa shape index (κ2) is 6.36. The van der Waals surface area contributed by atoms with E-state index in [0.717, 1.165) is 10.9 Å². The minimum atomic E-state index is -3.64. The molecule has 0 unspecified atom stereocenters. The van der Waals surface area contributed by atoms with E-state index in [1.165, 1.54) is 0 Å². The summed E-state index contributed by atoms with van der Waals surface area (Å²) in [5, 5.41) is 1.40. The van der Waals surface area contributed by atoms with E-state index in [-0.39, 0.29) is 11.4 Å². The SMILES string of the molecule is COc1ccc(S(=O)(=O)NCc2ccncc2)c2ccccc12. The van der Waals surface area contributed by atoms with Crippen LogP contribution in [0.3, 0.4) is 0 Å². The Hall–Kier alpha value is -2.44. The second-order valence-corrected chi connectivity index (χ2v) is 6.73. The number of sulfonamides is 1. The number of hydrogen-bond acceptors (Lipinski definition) is 4. The molecule has 0 fully saturated rings. The van der Waals surface area contributed by atoms with Gasteiger partial charge in [-0.1, -0.05) is 24.3 Å². The first-order valence-electron chi connectivity index (χ1n) is 7.06. The first-order valence-corrected chi connectivity index (χ1v) is 8.54. The monoisotopic (exact) mass is 328 g/mol. The zero-order valence-electron chi connectivity index (χ0n) is 12.6. The molecule has 1 aromatic heterocycles. The van der Waals surface area contributed by atoms with Crippen molar-refractivity contribution in [3.63, 3.8) is 0 Å². The number of methoxy groups -OCH3 is 1. The smallest absolute Gasteiger partial charge is 0.241 e. The third kappa shape index (κ3) is 3.18. The van der Waals surface area contributed by atoms with Gasteiger partial charge in [-0.15, -0.1) is 0 Å². The fourth-order valence-corrected chi connectivity index (χ4v) is 3.64. The van der Waals surface area contributed by atoms with Crippen LogP contribution in [-0.2, 0) is 16.6 Å². The number of benzene rings is 2. The Kier molecular flexibility index (Phi) is 4.27. The van der Waals surface area contributed by atoms with E-state index in [2.05, 4.69) is 9.71 Å². The number of nitrogens with one attached hydrogen (secondary N) is 1. The number of fused-ring (bicyclic) bond motifs is 1. The molecule has 3 aromatic rings. The average molecular weight is 328 g/mol. The molecule has 0 aliphatic heterocycles. The van der Waals surface area contributed by atoms with Crippen LogP contribution in [0.25, 0.3) is 10.8 Å². The molecule has 0 atom stereocenters. The van der Waals surface area contributed by atoms with Crippen molar-refractivity contribution in [1.82, 2.24) is 9.71 Å². The molecular weight excluding hydrogens is 312 g/mol. The summed E-state index contributed by atoms with van der Waals surface area (Å²) in [6.45, 7) is 0.214. The molecule has 23 heavy (non-hydrogen) atoms. The molecule has 1 N–H and O–H groups in total. The predicted octanol–water partition coefficient (Wildman–Crippen LogP) is 2.72. The number of rotatable bonds is 5. The molecule has 0 aliphatic carbocycles. The van der Waals surface area contributed by atoms with Gasteiger partial charge in [0.2, 0.25) is 10.0 Å². The minimum absolute atomic E-state index is 0.214. The molecule has 0 saturated heterocycles. The quantitative estimate of drug-likeness (QED) is 0.782. The van der Waals surface area contributed by atoms with Crippen LogP contribution >= 0.6 is 0 Å². The molecule has 0 aliphatic rings. The molecule has 0 amide bonds. The van der Waals surface area contributed by atoms with E-state index < -0.39 is 10.0 Å². The molecule has 0 radical (unpaired) electrons. The van der Waals surface area contributed by atoms with Crippen molar-refractivity contribution in [2.24, 2.45) is 0 Å². The number of pyridine rings is 1. The minimum Gasteiger partial charge on any atom is -0.496 e. The van der Waals surface area contributed by atoms with Crippen molar-refractivity contribution in [1.29, 1.82) is 0 Å². The molecular formula is C17H16N2O3S. The molecule has 6 heteroatoms. The van der Waals surface area contributed by atoms with Crippen LogP contribution in [0, 0.1) is 0 Å². The summed E-state index contributed by atoms with van der Waals surface area (Å²) in [5.74, 6) is 0.647. The maximum Gasteiger partial charge on any atom is 0.241 e. The van der Waals surface area contributed by atoms with Gasteiger partial charge in [0.05, 0.1) is 12.0 Å². The molecule has 2 aromatic carbocycles. The Morgan fingerprint density at radius 1 is 1.00 bits per heavy atom. The summed E-state index contributed by atoms with van der Waals surface area (Å²) in [7, 11) is -2.07. The Balaban J connectivity index is 1.99. The fraction of sp³-hybridized carbons (Fsp3) is 0.118. The van der Waals surface area contributed by atoms with Crippen molar-refractivity contribution in [3.8, 4) is 5.75 Å². The van der Waals surface area contributed by atoms with Crippen LogP contribution in [0.2, 0.25) is 0 Å². The Morgan fingerprint density at radius 3 is 2.39 bits per heavy atom. The van der Waals surface area contributed by atoms with Crippen molar-refractivity contribution >= 4 is 20.8 Å². The van der Waals surface area contributed by atoms with E-state index >= 15 is 0 Å². The van der Waals surface area contributed by atoms with Gasteiger partial charge in [-0.05, 0) is 29.8 Å². The zero-order valence-corrected chi connectivity index (χ0v) is 13.4.